The fourth-order valence-electron chi connectivity index (χ4n) is 1.58. The summed E-state index contributed by atoms with van der Waals surface area (Å²) in [6.07, 6.45) is 6.95. The monoisotopic (exact) mass is 201 g/mol. The molecule has 0 aliphatic heterocycles. The van der Waals surface area contributed by atoms with E-state index in [0.29, 0.717) is 6.04 Å². The highest BCUT2D eigenvalue weighted by molar-refractivity contribution is 4.65. The maximum absolute atomic E-state index is 9.51. The van der Waals surface area contributed by atoms with Gasteiger partial charge in [-0.25, -0.2) is 0 Å². The first-order valence-corrected chi connectivity index (χ1v) is 6.12. The second-order valence-electron chi connectivity index (χ2n) is 4.25. The van der Waals surface area contributed by atoms with Gasteiger partial charge in [0.25, 0.3) is 0 Å². The minimum atomic E-state index is -0.159. The van der Waals surface area contributed by atoms with Crippen molar-refractivity contribution in [1.82, 2.24) is 5.32 Å². The van der Waals surface area contributed by atoms with E-state index in [1.54, 1.807) is 0 Å². The molecular weight excluding hydrogens is 174 g/mol. The van der Waals surface area contributed by atoms with Crippen LogP contribution in [0.4, 0.5) is 0 Å². The highest BCUT2D eigenvalue weighted by Gasteiger charge is 2.05. The number of hydrogen-bond acceptors (Lipinski definition) is 2. The molecule has 2 atom stereocenters. The summed E-state index contributed by atoms with van der Waals surface area (Å²) in [6.45, 7) is 7.28. The van der Waals surface area contributed by atoms with Gasteiger partial charge < -0.3 is 10.4 Å². The van der Waals surface area contributed by atoms with Crippen molar-refractivity contribution in [3.63, 3.8) is 0 Å². The fraction of sp³-hybridized carbons (Fsp3) is 1.00. The highest BCUT2D eigenvalue weighted by Crippen LogP contribution is 2.03. The minimum absolute atomic E-state index is 0.159. The number of aliphatic hydroxyl groups is 1. The molecule has 0 bridgehead atoms. The van der Waals surface area contributed by atoms with E-state index in [4.69, 9.17) is 0 Å². The van der Waals surface area contributed by atoms with E-state index in [2.05, 4.69) is 26.1 Å². The van der Waals surface area contributed by atoms with Crippen molar-refractivity contribution < 1.29 is 5.11 Å². The van der Waals surface area contributed by atoms with Gasteiger partial charge in [-0.3, -0.25) is 0 Å². The van der Waals surface area contributed by atoms with Crippen molar-refractivity contribution in [2.45, 2.75) is 71.4 Å². The first-order chi connectivity index (χ1) is 6.70. The van der Waals surface area contributed by atoms with Gasteiger partial charge in [0.05, 0.1) is 6.10 Å². The molecule has 0 radical (unpaired) electrons. The third kappa shape index (κ3) is 8.52. The molecule has 0 rings (SSSR count). The normalized spacial score (nSPS) is 15.4. The lowest BCUT2D eigenvalue weighted by atomic mass is 10.1. The maximum atomic E-state index is 9.51. The zero-order chi connectivity index (χ0) is 10.8. The van der Waals surface area contributed by atoms with Gasteiger partial charge in [0, 0.05) is 12.6 Å². The molecule has 2 N–H and O–H groups in total. The number of hydrogen-bond donors (Lipinski definition) is 2. The molecule has 0 aromatic heterocycles. The third-order valence-electron chi connectivity index (χ3n) is 2.56. The van der Waals surface area contributed by atoms with Crippen LogP contribution in [0.5, 0.6) is 0 Å². The van der Waals surface area contributed by atoms with Crippen LogP contribution in [-0.2, 0) is 0 Å². The van der Waals surface area contributed by atoms with E-state index < -0.39 is 0 Å². The Balaban J connectivity index is 3.29. The van der Waals surface area contributed by atoms with Crippen molar-refractivity contribution in [3.8, 4) is 0 Å². The van der Waals surface area contributed by atoms with Gasteiger partial charge in [-0.15, -0.1) is 0 Å². The average Bonchev–Trinajstić information content (AvgIpc) is 2.16. The molecule has 0 aliphatic rings. The predicted molar refractivity (Wildman–Crippen MR) is 62.5 cm³/mol. The topological polar surface area (TPSA) is 32.3 Å². The Hall–Kier alpha value is -0.0800. The smallest absolute Gasteiger partial charge is 0.0664 e. The van der Waals surface area contributed by atoms with Gasteiger partial charge in [0.1, 0.15) is 0 Å². The first kappa shape index (κ1) is 13.9. The van der Waals surface area contributed by atoms with Crippen LogP contribution < -0.4 is 5.32 Å². The maximum Gasteiger partial charge on any atom is 0.0664 e. The zero-order valence-corrected chi connectivity index (χ0v) is 10.1. The van der Waals surface area contributed by atoms with Gasteiger partial charge >= 0.3 is 0 Å². The Bertz CT molecular complexity index is 117. The van der Waals surface area contributed by atoms with E-state index in [0.717, 1.165) is 19.4 Å². The lowest BCUT2D eigenvalue weighted by molar-refractivity contribution is 0.156. The molecule has 0 fully saturated rings. The summed E-state index contributed by atoms with van der Waals surface area (Å²) in [5.41, 5.74) is 0. The quantitative estimate of drug-likeness (QED) is 0.562. The largest absolute Gasteiger partial charge is 0.392 e. The molecule has 86 valence electrons. The standard InChI is InChI=1S/C12H27NO/c1-4-6-7-9-11(3)13-10-12(14)8-5-2/h11-14H,4-10H2,1-3H3. The van der Waals surface area contributed by atoms with Crippen LogP contribution in [0.1, 0.15) is 59.3 Å². The SMILES string of the molecule is CCCCCC(C)NCC(O)CCC. The van der Waals surface area contributed by atoms with Gasteiger partial charge in [-0.05, 0) is 19.8 Å². The van der Waals surface area contributed by atoms with Crippen molar-refractivity contribution in [3.05, 3.63) is 0 Å². The van der Waals surface area contributed by atoms with Crippen molar-refractivity contribution >= 4 is 0 Å². The number of unbranched alkanes of at least 4 members (excludes halogenated alkanes) is 2. The molecule has 0 amide bonds. The molecule has 0 saturated heterocycles. The summed E-state index contributed by atoms with van der Waals surface area (Å²) < 4.78 is 0. The van der Waals surface area contributed by atoms with E-state index in [1.807, 2.05) is 0 Å². The van der Waals surface area contributed by atoms with E-state index in [9.17, 15) is 5.11 Å². The Morgan fingerprint density at radius 3 is 2.36 bits per heavy atom. The van der Waals surface area contributed by atoms with Gasteiger partial charge in [0.2, 0.25) is 0 Å². The average molecular weight is 201 g/mol. The molecule has 2 nitrogen and oxygen atoms in total. The van der Waals surface area contributed by atoms with Crippen molar-refractivity contribution in [2.75, 3.05) is 6.54 Å². The van der Waals surface area contributed by atoms with Crippen molar-refractivity contribution in [1.29, 1.82) is 0 Å². The Labute approximate surface area is 89.1 Å². The summed E-state index contributed by atoms with van der Waals surface area (Å²) in [5.74, 6) is 0. The van der Waals surface area contributed by atoms with E-state index in [-0.39, 0.29) is 6.10 Å². The van der Waals surface area contributed by atoms with Crippen molar-refractivity contribution in [2.24, 2.45) is 0 Å². The third-order valence-corrected chi connectivity index (χ3v) is 2.56. The molecule has 0 aliphatic carbocycles. The summed E-state index contributed by atoms with van der Waals surface area (Å²) in [4.78, 5) is 0. The van der Waals surface area contributed by atoms with Crippen LogP contribution in [0, 0.1) is 0 Å². The second kappa shape index (κ2) is 9.47. The molecule has 0 spiro atoms. The van der Waals surface area contributed by atoms with Gasteiger partial charge in [0.15, 0.2) is 0 Å². The molecule has 0 aromatic carbocycles. The van der Waals surface area contributed by atoms with Crippen LogP contribution in [0.3, 0.4) is 0 Å². The van der Waals surface area contributed by atoms with Crippen LogP contribution in [-0.4, -0.2) is 23.8 Å². The molecule has 0 heterocycles. The lowest BCUT2D eigenvalue weighted by Crippen LogP contribution is -2.33. The molecule has 0 aromatic rings. The molecule has 0 saturated carbocycles. The molecule has 2 heteroatoms. The van der Waals surface area contributed by atoms with Crippen LogP contribution in [0.2, 0.25) is 0 Å². The van der Waals surface area contributed by atoms with Crippen LogP contribution >= 0.6 is 0 Å². The minimum Gasteiger partial charge on any atom is -0.392 e. The molecule has 2 unspecified atom stereocenters. The summed E-state index contributed by atoms with van der Waals surface area (Å²) in [6, 6.07) is 0.549. The predicted octanol–water partition coefficient (Wildman–Crippen LogP) is 2.71. The highest BCUT2D eigenvalue weighted by atomic mass is 16.3. The van der Waals surface area contributed by atoms with Gasteiger partial charge in [-0.2, -0.15) is 0 Å². The lowest BCUT2D eigenvalue weighted by Gasteiger charge is -2.16. The zero-order valence-electron chi connectivity index (χ0n) is 10.1. The summed E-state index contributed by atoms with van der Waals surface area (Å²) in [5, 5.41) is 12.9. The summed E-state index contributed by atoms with van der Waals surface area (Å²) in [7, 11) is 0. The fourth-order valence-corrected chi connectivity index (χ4v) is 1.58. The molecule has 14 heavy (non-hydrogen) atoms. The summed E-state index contributed by atoms with van der Waals surface area (Å²) >= 11 is 0. The Morgan fingerprint density at radius 1 is 1.07 bits per heavy atom. The second-order valence-corrected chi connectivity index (χ2v) is 4.25. The Kier molecular flexibility index (Phi) is 9.42. The van der Waals surface area contributed by atoms with Crippen LogP contribution in [0.15, 0.2) is 0 Å². The first-order valence-electron chi connectivity index (χ1n) is 6.12. The van der Waals surface area contributed by atoms with E-state index in [1.165, 1.54) is 25.7 Å². The van der Waals surface area contributed by atoms with Gasteiger partial charge in [-0.1, -0.05) is 39.5 Å². The number of rotatable bonds is 9. The number of nitrogens with one attached hydrogen (secondary N) is 1. The molecular formula is C12H27NO. The number of aliphatic hydroxyl groups excluding tert-OH is 1. The Morgan fingerprint density at radius 2 is 1.79 bits per heavy atom. The van der Waals surface area contributed by atoms with E-state index >= 15 is 0 Å². The van der Waals surface area contributed by atoms with Crippen LogP contribution in [0.25, 0.3) is 0 Å².